The van der Waals surface area contributed by atoms with Crippen molar-refractivity contribution in [1.29, 1.82) is 0 Å². The maximum atomic E-state index is 12.3. The maximum Gasteiger partial charge on any atom is 0.232 e. The van der Waals surface area contributed by atoms with Crippen LogP contribution in [0, 0.1) is 6.92 Å². The number of carbonyl (C=O) groups excluding carboxylic acids is 1. The van der Waals surface area contributed by atoms with E-state index in [9.17, 15) is 4.79 Å². The molecule has 8 heteroatoms. The quantitative estimate of drug-likeness (QED) is 0.559. The molecule has 0 saturated heterocycles. The standard InChI is InChI=1S/C20H21N5O2S/c1-13-3-9-17(10-4-13)28-12-15(26)11-18-23-19(21)25-20(24-18)22-14-5-7-16(27-2)8-6-14/h3-10H,11-12H2,1-2H3,(H3,21,22,23,24,25). The molecule has 3 N–H and O–H groups in total. The van der Waals surface area contributed by atoms with E-state index in [4.69, 9.17) is 10.5 Å². The van der Waals surface area contributed by atoms with Crippen LogP contribution in [0.2, 0.25) is 0 Å². The molecule has 7 nitrogen and oxygen atoms in total. The second kappa shape index (κ2) is 9.18. The number of nitrogens with two attached hydrogens (primary N) is 1. The zero-order chi connectivity index (χ0) is 19.9. The molecule has 0 spiro atoms. The van der Waals surface area contributed by atoms with Crippen molar-refractivity contribution in [3.8, 4) is 5.75 Å². The Morgan fingerprint density at radius 3 is 2.46 bits per heavy atom. The Bertz CT molecular complexity index is 946. The summed E-state index contributed by atoms with van der Waals surface area (Å²) < 4.78 is 5.13. The van der Waals surface area contributed by atoms with Crippen LogP contribution in [0.1, 0.15) is 11.4 Å². The first-order valence-electron chi connectivity index (χ1n) is 8.64. The van der Waals surface area contributed by atoms with Gasteiger partial charge in [-0.3, -0.25) is 4.79 Å². The molecule has 0 atom stereocenters. The molecule has 0 radical (unpaired) electrons. The monoisotopic (exact) mass is 395 g/mol. The van der Waals surface area contributed by atoms with Crippen molar-refractivity contribution in [1.82, 2.24) is 15.0 Å². The lowest BCUT2D eigenvalue weighted by Crippen LogP contribution is -2.12. The highest BCUT2D eigenvalue weighted by molar-refractivity contribution is 8.00. The number of nitrogen functional groups attached to an aromatic ring is 1. The average Bonchev–Trinajstić information content (AvgIpc) is 2.68. The fraction of sp³-hybridized carbons (Fsp3) is 0.200. The summed E-state index contributed by atoms with van der Waals surface area (Å²) in [5, 5.41) is 3.06. The summed E-state index contributed by atoms with van der Waals surface area (Å²) in [6.45, 7) is 2.03. The van der Waals surface area contributed by atoms with E-state index < -0.39 is 0 Å². The molecule has 0 aliphatic heterocycles. The van der Waals surface area contributed by atoms with E-state index in [1.165, 1.54) is 17.3 Å². The number of methoxy groups -OCH3 is 1. The van der Waals surface area contributed by atoms with Crippen molar-refractivity contribution >= 4 is 35.1 Å². The smallest absolute Gasteiger partial charge is 0.232 e. The lowest BCUT2D eigenvalue weighted by molar-refractivity contribution is -0.116. The molecule has 2 aromatic carbocycles. The summed E-state index contributed by atoms with van der Waals surface area (Å²) >= 11 is 1.49. The highest BCUT2D eigenvalue weighted by Crippen LogP contribution is 2.20. The number of ether oxygens (including phenoxy) is 1. The van der Waals surface area contributed by atoms with E-state index in [2.05, 4.69) is 20.3 Å². The number of thioether (sulfide) groups is 1. The minimum Gasteiger partial charge on any atom is -0.497 e. The van der Waals surface area contributed by atoms with Crippen molar-refractivity contribution in [2.75, 3.05) is 23.9 Å². The van der Waals surface area contributed by atoms with Gasteiger partial charge in [-0.2, -0.15) is 15.0 Å². The molecule has 0 amide bonds. The number of nitrogens with zero attached hydrogens (tertiary/aromatic N) is 3. The van der Waals surface area contributed by atoms with Crippen LogP contribution in [-0.2, 0) is 11.2 Å². The number of anilines is 3. The molecule has 0 aliphatic carbocycles. The molecular formula is C20H21N5O2S. The summed E-state index contributed by atoms with van der Waals surface area (Å²) in [4.78, 5) is 25.8. The normalized spacial score (nSPS) is 10.5. The first kappa shape index (κ1) is 19.6. The zero-order valence-corrected chi connectivity index (χ0v) is 16.5. The molecule has 0 saturated carbocycles. The van der Waals surface area contributed by atoms with Gasteiger partial charge in [0.1, 0.15) is 11.6 Å². The number of aryl methyl sites for hydroxylation is 1. The van der Waals surface area contributed by atoms with Gasteiger partial charge in [-0.15, -0.1) is 11.8 Å². The number of nitrogens with one attached hydrogen (secondary N) is 1. The van der Waals surface area contributed by atoms with Gasteiger partial charge in [0, 0.05) is 10.6 Å². The van der Waals surface area contributed by atoms with Crippen LogP contribution < -0.4 is 15.8 Å². The SMILES string of the molecule is COc1ccc(Nc2nc(N)nc(CC(=O)CSc3ccc(C)cc3)n2)cc1. The van der Waals surface area contributed by atoms with E-state index in [1.54, 1.807) is 7.11 Å². The van der Waals surface area contributed by atoms with E-state index in [-0.39, 0.29) is 18.2 Å². The van der Waals surface area contributed by atoms with Gasteiger partial charge in [0.15, 0.2) is 5.78 Å². The summed E-state index contributed by atoms with van der Waals surface area (Å²) in [5.41, 5.74) is 7.74. The number of ketones is 1. The van der Waals surface area contributed by atoms with Crippen molar-refractivity contribution in [3.05, 3.63) is 59.9 Å². The third kappa shape index (κ3) is 5.68. The van der Waals surface area contributed by atoms with Crippen LogP contribution in [0.5, 0.6) is 5.75 Å². The van der Waals surface area contributed by atoms with Crippen LogP contribution >= 0.6 is 11.8 Å². The van der Waals surface area contributed by atoms with Gasteiger partial charge in [0.25, 0.3) is 0 Å². The van der Waals surface area contributed by atoms with E-state index in [1.807, 2.05) is 55.5 Å². The molecule has 0 fully saturated rings. The molecule has 1 heterocycles. The van der Waals surface area contributed by atoms with Crippen LogP contribution in [-0.4, -0.2) is 33.6 Å². The molecule has 28 heavy (non-hydrogen) atoms. The predicted molar refractivity (Wildman–Crippen MR) is 111 cm³/mol. The van der Waals surface area contributed by atoms with Crippen molar-refractivity contribution in [2.45, 2.75) is 18.2 Å². The lowest BCUT2D eigenvalue weighted by atomic mass is 10.2. The molecule has 144 valence electrons. The maximum absolute atomic E-state index is 12.3. The van der Waals surface area contributed by atoms with Gasteiger partial charge < -0.3 is 15.8 Å². The Balaban J connectivity index is 1.61. The van der Waals surface area contributed by atoms with Crippen LogP contribution in [0.4, 0.5) is 17.6 Å². The Labute approximate surface area is 167 Å². The van der Waals surface area contributed by atoms with Crippen LogP contribution in [0.15, 0.2) is 53.4 Å². The molecule has 1 aromatic heterocycles. The van der Waals surface area contributed by atoms with Crippen molar-refractivity contribution in [2.24, 2.45) is 0 Å². The third-order valence-corrected chi connectivity index (χ3v) is 4.89. The number of carbonyl (C=O) groups is 1. The second-order valence-electron chi connectivity index (χ2n) is 6.10. The molecule has 0 bridgehead atoms. The second-order valence-corrected chi connectivity index (χ2v) is 7.15. The molecular weight excluding hydrogens is 374 g/mol. The fourth-order valence-corrected chi connectivity index (χ4v) is 3.16. The zero-order valence-electron chi connectivity index (χ0n) is 15.7. The van der Waals surface area contributed by atoms with Gasteiger partial charge in [0.2, 0.25) is 11.9 Å². The van der Waals surface area contributed by atoms with Gasteiger partial charge in [0.05, 0.1) is 19.3 Å². The highest BCUT2D eigenvalue weighted by Gasteiger charge is 2.11. The molecule has 0 unspecified atom stereocenters. The largest absolute Gasteiger partial charge is 0.497 e. The summed E-state index contributed by atoms with van der Waals surface area (Å²) in [5.74, 6) is 1.82. The van der Waals surface area contributed by atoms with E-state index in [0.29, 0.717) is 17.5 Å². The first-order chi connectivity index (χ1) is 13.5. The highest BCUT2D eigenvalue weighted by atomic mass is 32.2. The third-order valence-electron chi connectivity index (χ3n) is 3.82. The van der Waals surface area contributed by atoms with Crippen LogP contribution in [0.25, 0.3) is 0 Å². The minimum absolute atomic E-state index is 0.0200. The topological polar surface area (TPSA) is 103 Å². The Morgan fingerprint density at radius 2 is 1.79 bits per heavy atom. The number of hydrogen-bond acceptors (Lipinski definition) is 8. The first-order valence-corrected chi connectivity index (χ1v) is 9.63. The summed E-state index contributed by atoms with van der Waals surface area (Å²) in [6, 6.07) is 15.4. The Hall–Kier alpha value is -3.13. The predicted octanol–water partition coefficient (Wildman–Crippen LogP) is 3.42. The van der Waals surface area contributed by atoms with Crippen molar-refractivity contribution in [3.63, 3.8) is 0 Å². The number of Topliss-reactive ketones (excluding diaryl/α,β-unsaturated/α-hetero) is 1. The number of benzene rings is 2. The van der Waals surface area contributed by atoms with Gasteiger partial charge >= 0.3 is 0 Å². The van der Waals surface area contributed by atoms with Crippen LogP contribution in [0.3, 0.4) is 0 Å². The van der Waals surface area contributed by atoms with Gasteiger partial charge in [-0.25, -0.2) is 0 Å². The Morgan fingerprint density at radius 1 is 1.07 bits per heavy atom. The van der Waals surface area contributed by atoms with Gasteiger partial charge in [-0.1, -0.05) is 17.7 Å². The van der Waals surface area contributed by atoms with E-state index >= 15 is 0 Å². The molecule has 0 aliphatic rings. The van der Waals surface area contributed by atoms with Gasteiger partial charge in [-0.05, 0) is 43.3 Å². The minimum atomic E-state index is 0.0200. The number of rotatable bonds is 8. The van der Waals surface area contributed by atoms with E-state index in [0.717, 1.165) is 16.3 Å². The number of aromatic nitrogens is 3. The average molecular weight is 395 g/mol. The summed E-state index contributed by atoms with van der Waals surface area (Å²) in [7, 11) is 1.61. The molecule has 3 rings (SSSR count). The lowest BCUT2D eigenvalue weighted by Gasteiger charge is -2.08. The Kier molecular flexibility index (Phi) is 6.44. The summed E-state index contributed by atoms with van der Waals surface area (Å²) in [6.07, 6.45) is 0.100. The molecule has 3 aromatic rings. The van der Waals surface area contributed by atoms with Crippen molar-refractivity contribution < 1.29 is 9.53 Å². The fourth-order valence-electron chi connectivity index (χ4n) is 2.40. The number of hydrogen-bond donors (Lipinski definition) is 2.